The average Bonchev–Trinajstić information content (AvgIpc) is 3.03. The van der Waals surface area contributed by atoms with Crippen LogP contribution in [0.4, 0.5) is 5.69 Å². The van der Waals surface area contributed by atoms with Crippen molar-refractivity contribution in [1.29, 1.82) is 0 Å². The molecular formula is C20H25ClN4O. The minimum atomic E-state index is 0.157. The highest BCUT2D eigenvalue weighted by atomic mass is 35.5. The molecule has 0 unspecified atom stereocenters. The number of halogens is 1. The van der Waals surface area contributed by atoms with Crippen molar-refractivity contribution in [2.75, 3.05) is 5.73 Å². The van der Waals surface area contributed by atoms with Gasteiger partial charge in [-0.05, 0) is 43.2 Å². The number of hydrogen-bond acceptors (Lipinski definition) is 4. The molecule has 0 saturated heterocycles. The monoisotopic (exact) mass is 372 g/mol. The van der Waals surface area contributed by atoms with Gasteiger partial charge in [-0.3, -0.25) is 0 Å². The second-order valence-electron chi connectivity index (χ2n) is 6.64. The van der Waals surface area contributed by atoms with Crippen molar-refractivity contribution in [2.24, 2.45) is 0 Å². The minimum Gasteiger partial charge on any atom is -0.505 e. The maximum Gasteiger partial charge on any atom is 0.148 e. The zero-order valence-electron chi connectivity index (χ0n) is 15.1. The van der Waals surface area contributed by atoms with Gasteiger partial charge in [0.05, 0.1) is 0 Å². The predicted octanol–water partition coefficient (Wildman–Crippen LogP) is 5.26. The Hall–Kier alpha value is -2.27. The number of phenolic OH excluding ortho intramolecular Hbond substituents is 1. The smallest absolute Gasteiger partial charge is 0.148 e. The van der Waals surface area contributed by atoms with Crippen molar-refractivity contribution >= 4 is 28.3 Å². The summed E-state index contributed by atoms with van der Waals surface area (Å²) in [5.74, 6) is 0.157. The Labute approximate surface area is 158 Å². The SMILES string of the molecule is CCCCCCCCc1c(N)ccc(-n2nc3ccc(Cl)cc3n2)c1O. The Balaban J connectivity index is 1.79. The highest BCUT2D eigenvalue weighted by molar-refractivity contribution is 6.31. The fourth-order valence-electron chi connectivity index (χ4n) is 3.14. The lowest BCUT2D eigenvalue weighted by molar-refractivity contribution is 0.459. The number of benzene rings is 2. The molecule has 0 radical (unpaired) electrons. The molecule has 2 aromatic carbocycles. The summed E-state index contributed by atoms with van der Waals surface area (Å²) in [5, 5.41) is 20.2. The standard InChI is InChI=1S/C20H25ClN4O/c1-2-3-4-5-6-7-8-15-16(22)10-12-19(20(15)26)25-23-17-11-9-14(21)13-18(17)24-25/h9-13,26H,2-8,22H2,1H3. The Morgan fingerprint density at radius 2 is 1.73 bits per heavy atom. The number of fused-ring (bicyclic) bond motifs is 1. The van der Waals surface area contributed by atoms with Gasteiger partial charge in [0.25, 0.3) is 0 Å². The Morgan fingerprint density at radius 1 is 1.00 bits per heavy atom. The largest absolute Gasteiger partial charge is 0.505 e. The lowest BCUT2D eigenvalue weighted by atomic mass is 10.0. The zero-order chi connectivity index (χ0) is 18.5. The van der Waals surface area contributed by atoms with Gasteiger partial charge in [-0.2, -0.15) is 0 Å². The van der Waals surface area contributed by atoms with E-state index in [9.17, 15) is 5.11 Å². The van der Waals surface area contributed by atoms with Crippen molar-refractivity contribution in [3.63, 3.8) is 0 Å². The van der Waals surface area contributed by atoms with Crippen molar-refractivity contribution in [3.05, 3.63) is 40.9 Å². The first kappa shape index (κ1) is 18.5. The summed E-state index contributed by atoms with van der Waals surface area (Å²) in [6, 6.07) is 8.90. The van der Waals surface area contributed by atoms with E-state index < -0.39 is 0 Å². The van der Waals surface area contributed by atoms with Crippen molar-refractivity contribution in [1.82, 2.24) is 15.0 Å². The number of phenols is 1. The number of rotatable bonds is 8. The molecule has 0 bridgehead atoms. The van der Waals surface area contributed by atoms with Gasteiger partial charge in [-0.15, -0.1) is 15.0 Å². The van der Waals surface area contributed by atoms with Crippen LogP contribution < -0.4 is 5.73 Å². The molecule has 0 amide bonds. The van der Waals surface area contributed by atoms with Crippen LogP contribution in [-0.4, -0.2) is 20.1 Å². The molecule has 0 aliphatic rings. The quantitative estimate of drug-likeness (QED) is 0.417. The molecule has 0 fully saturated rings. The van der Waals surface area contributed by atoms with Gasteiger partial charge >= 0.3 is 0 Å². The van der Waals surface area contributed by atoms with Crippen LogP contribution in [0.5, 0.6) is 5.75 Å². The van der Waals surface area contributed by atoms with Crippen LogP contribution >= 0.6 is 11.6 Å². The molecule has 0 atom stereocenters. The zero-order valence-corrected chi connectivity index (χ0v) is 15.8. The molecule has 0 spiro atoms. The molecule has 0 aliphatic heterocycles. The van der Waals surface area contributed by atoms with E-state index in [1.54, 1.807) is 18.2 Å². The summed E-state index contributed by atoms with van der Waals surface area (Å²) < 4.78 is 0. The Morgan fingerprint density at radius 3 is 2.54 bits per heavy atom. The molecule has 26 heavy (non-hydrogen) atoms. The van der Waals surface area contributed by atoms with E-state index in [1.165, 1.54) is 30.5 Å². The summed E-state index contributed by atoms with van der Waals surface area (Å²) >= 11 is 6.01. The van der Waals surface area contributed by atoms with E-state index in [1.807, 2.05) is 12.1 Å². The van der Waals surface area contributed by atoms with E-state index in [2.05, 4.69) is 17.1 Å². The second-order valence-corrected chi connectivity index (χ2v) is 7.08. The lowest BCUT2D eigenvalue weighted by Crippen LogP contribution is -2.03. The second kappa shape index (κ2) is 8.41. The first-order chi connectivity index (χ1) is 12.6. The summed E-state index contributed by atoms with van der Waals surface area (Å²) in [5.41, 5.74) is 9.43. The summed E-state index contributed by atoms with van der Waals surface area (Å²) in [6.45, 7) is 2.21. The number of nitrogens with two attached hydrogens (primary N) is 1. The third-order valence-electron chi connectivity index (χ3n) is 4.64. The molecule has 3 rings (SSSR count). The fourth-order valence-corrected chi connectivity index (χ4v) is 3.31. The van der Waals surface area contributed by atoms with E-state index in [4.69, 9.17) is 17.3 Å². The molecule has 0 aliphatic carbocycles. The number of hydrogen-bond donors (Lipinski definition) is 2. The maximum atomic E-state index is 10.7. The summed E-state index contributed by atoms with van der Waals surface area (Å²) in [4.78, 5) is 1.44. The van der Waals surface area contributed by atoms with Crippen LogP contribution in [0.3, 0.4) is 0 Å². The number of anilines is 1. The van der Waals surface area contributed by atoms with E-state index in [-0.39, 0.29) is 5.75 Å². The summed E-state index contributed by atoms with van der Waals surface area (Å²) in [7, 11) is 0. The molecule has 3 aromatic rings. The van der Waals surface area contributed by atoms with Crippen molar-refractivity contribution in [2.45, 2.75) is 51.9 Å². The van der Waals surface area contributed by atoms with Crippen LogP contribution in [0, 0.1) is 0 Å². The number of nitrogen functional groups attached to an aromatic ring is 1. The van der Waals surface area contributed by atoms with Crippen LogP contribution in [-0.2, 0) is 6.42 Å². The molecule has 1 aromatic heterocycles. The van der Waals surface area contributed by atoms with Gasteiger partial charge in [-0.1, -0.05) is 50.6 Å². The molecule has 138 valence electrons. The molecule has 3 N–H and O–H groups in total. The number of aromatic hydroxyl groups is 1. The number of unbranched alkanes of at least 4 members (excludes halogenated alkanes) is 5. The Bertz CT molecular complexity index is 891. The predicted molar refractivity (Wildman–Crippen MR) is 107 cm³/mol. The molecule has 1 heterocycles. The van der Waals surface area contributed by atoms with Gasteiger partial charge in [0.2, 0.25) is 0 Å². The van der Waals surface area contributed by atoms with Crippen molar-refractivity contribution in [3.8, 4) is 11.4 Å². The first-order valence-electron chi connectivity index (χ1n) is 9.23. The van der Waals surface area contributed by atoms with Gasteiger partial charge < -0.3 is 10.8 Å². The molecule has 6 heteroatoms. The molecular weight excluding hydrogens is 348 g/mol. The van der Waals surface area contributed by atoms with Crippen molar-refractivity contribution < 1.29 is 5.11 Å². The van der Waals surface area contributed by atoms with Crippen LogP contribution in [0.2, 0.25) is 5.02 Å². The van der Waals surface area contributed by atoms with Crippen LogP contribution in [0.15, 0.2) is 30.3 Å². The van der Waals surface area contributed by atoms with E-state index >= 15 is 0 Å². The third kappa shape index (κ3) is 4.10. The van der Waals surface area contributed by atoms with Crippen LogP contribution in [0.25, 0.3) is 16.7 Å². The molecule has 5 nitrogen and oxygen atoms in total. The number of nitrogens with zero attached hydrogens (tertiary/aromatic N) is 3. The van der Waals surface area contributed by atoms with Gasteiger partial charge in [0, 0.05) is 16.3 Å². The number of aromatic nitrogens is 3. The average molecular weight is 373 g/mol. The fraction of sp³-hybridized carbons (Fsp3) is 0.400. The third-order valence-corrected chi connectivity index (χ3v) is 4.87. The lowest BCUT2D eigenvalue weighted by Gasteiger charge is -2.12. The first-order valence-corrected chi connectivity index (χ1v) is 9.61. The maximum absolute atomic E-state index is 10.7. The van der Waals surface area contributed by atoms with Gasteiger partial charge in [0.1, 0.15) is 22.5 Å². The van der Waals surface area contributed by atoms with Gasteiger partial charge in [-0.25, -0.2) is 0 Å². The topological polar surface area (TPSA) is 77.0 Å². The highest BCUT2D eigenvalue weighted by Crippen LogP contribution is 2.32. The van der Waals surface area contributed by atoms with Gasteiger partial charge in [0.15, 0.2) is 0 Å². The highest BCUT2D eigenvalue weighted by Gasteiger charge is 2.15. The van der Waals surface area contributed by atoms with E-state index in [0.717, 1.165) is 30.3 Å². The summed E-state index contributed by atoms with van der Waals surface area (Å²) in [6.07, 6.45) is 7.92. The van der Waals surface area contributed by atoms with Crippen LogP contribution in [0.1, 0.15) is 51.0 Å². The minimum absolute atomic E-state index is 0.157. The van der Waals surface area contributed by atoms with E-state index in [0.29, 0.717) is 21.9 Å². The normalized spacial score (nSPS) is 11.3. The Kier molecular flexibility index (Phi) is 5.99. The molecule has 0 saturated carbocycles.